The first-order chi connectivity index (χ1) is 17.4. The number of hydrogen-bond acceptors (Lipinski definition) is 6. The number of nitrogens with one attached hydrogen (secondary N) is 4. The van der Waals surface area contributed by atoms with Crippen LogP contribution in [-0.4, -0.2) is 69.0 Å². The number of carbonyl (C=O) groups excluding carboxylic acids is 3. The number of aliphatic carboxylic acids is 2. The molecule has 202 valence electrons. The van der Waals surface area contributed by atoms with E-state index in [4.69, 9.17) is 10.8 Å². The lowest BCUT2D eigenvalue weighted by atomic mass is 10.0. The van der Waals surface area contributed by atoms with Crippen LogP contribution < -0.4 is 21.7 Å². The molecular weight excluding hydrogens is 482 g/mol. The van der Waals surface area contributed by atoms with Crippen molar-refractivity contribution < 1.29 is 34.2 Å². The topological polar surface area (TPSA) is 204 Å². The zero-order valence-electron chi connectivity index (χ0n) is 21.1. The number of carboxylic acid groups (broad SMARTS) is 2. The average molecular weight is 518 g/mol. The second-order valence-corrected chi connectivity index (χ2v) is 9.42. The number of nitrogens with two attached hydrogens (primary N) is 1. The maximum atomic E-state index is 13.2. The van der Waals surface area contributed by atoms with Crippen molar-refractivity contribution >= 4 is 40.6 Å². The summed E-state index contributed by atoms with van der Waals surface area (Å²) in [6.07, 6.45) is 1.58. The fourth-order valence-electron chi connectivity index (χ4n) is 3.79. The van der Waals surface area contributed by atoms with E-state index in [1.807, 2.05) is 38.1 Å². The fraction of sp³-hybridized carbons (Fsp3) is 0.480. The molecule has 0 aliphatic rings. The molecule has 3 amide bonds. The van der Waals surface area contributed by atoms with Crippen LogP contribution in [0.4, 0.5) is 0 Å². The highest BCUT2D eigenvalue weighted by molar-refractivity contribution is 5.94. The van der Waals surface area contributed by atoms with Crippen LogP contribution >= 0.6 is 0 Å². The lowest BCUT2D eigenvalue weighted by Crippen LogP contribution is -2.57. The van der Waals surface area contributed by atoms with Gasteiger partial charge in [0.2, 0.25) is 17.7 Å². The summed E-state index contributed by atoms with van der Waals surface area (Å²) in [6, 6.07) is 2.92. The van der Waals surface area contributed by atoms with Crippen LogP contribution in [0, 0.1) is 5.92 Å². The zero-order chi connectivity index (χ0) is 27.7. The largest absolute Gasteiger partial charge is 0.481 e. The van der Waals surface area contributed by atoms with Crippen LogP contribution in [0.25, 0.3) is 10.9 Å². The lowest BCUT2D eigenvalue weighted by Gasteiger charge is -2.24. The number of carbonyl (C=O) groups is 5. The first-order valence-corrected chi connectivity index (χ1v) is 12.0. The molecule has 2 rings (SSSR count). The molecule has 1 heterocycles. The van der Waals surface area contributed by atoms with E-state index in [9.17, 15) is 29.1 Å². The van der Waals surface area contributed by atoms with Crippen LogP contribution in [0.15, 0.2) is 30.5 Å². The van der Waals surface area contributed by atoms with Gasteiger partial charge < -0.3 is 36.9 Å². The van der Waals surface area contributed by atoms with E-state index in [-0.39, 0.29) is 31.6 Å². The predicted molar refractivity (Wildman–Crippen MR) is 135 cm³/mol. The predicted octanol–water partition coefficient (Wildman–Crippen LogP) is 0.508. The maximum absolute atomic E-state index is 13.2. The molecule has 1 aromatic heterocycles. The van der Waals surface area contributed by atoms with Crippen molar-refractivity contribution in [1.29, 1.82) is 0 Å². The van der Waals surface area contributed by atoms with Gasteiger partial charge in [-0.3, -0.25) is 19.2 Å². The van der Waals surface area contributed by atoms with Gasteiger partial charge in [-0.25, -0.2) is 4.79 Å². The third-order valence-corrected chi connectivity index (χ3v) is 5.81. The molecule has 2 aromatic rings. The SMILES string of the molecule is CC(C)CC(NC(=O)C(Cc1c[nH]c2ccccc12)NC(=O)C(C)NC(=O)C(N)CCC(=O)O)C(=O)O. The summed E-state index contributed by atoms with van der Waals surface area (Å²) in [4.78, 5) is 63.8. The van der Waals surface area contributed by atoms with Crippen LogP contribution in [0.5, 0.6) is 0 Å². The van der Waals surface area contributed by atoms with Crippen LogP contribution in [0.1, 0.15) is 45.6 Å². The Morgan fingerprint density at radius 1 is 0.919 bits per heavy atom. The molecule has 0 aliphatic heterocycles. The normalized spacial score (nSPS) is 14.4. The molecule has 12 nitrogen and oxygen atoms in total. The average Bonchev–Trinajstić information content (AvgIpc) is 3.23. The first kappa shape index (κ1) is 29.3. The van der Waals surface area contributed by atoms with E-state index >= 15 is 0 Å². The molecule has 8 N–H and O–H groups in total. The van der Waals surface area contributed by atoms with Crippen LogP contribution in [0.3, 0.4) is 0 Å². The van der Waals surface area contributed by atoms with E-state index < -0.39 is 53.8 Å². The maximum Gasteiger partial charge on any atom is 0.326 e. The second-order valence-electron chi connectivity index (χ2n) is 9.42. The monoisotopic (exact) mass is 517 g/mol. The number of benzene rings is 1. The Morgan fingerprint density at radius 2 is 1.57 bits per heavy atom. The molecule has 37 heavy (non-hydrogen) atoms. The van der Waals surface area contributed by atoms with Gasteiger partial charge >= 0.3 is 11.9 Å². The van der Waals surface area contributed by atoms with Gasteiger partial charge in [0, 0.05) is 29.9 Å². The highest BCUT2D eigenvalue weighted by Gasteiger charge is 2.30. The molecule has 4 unspecified atom stereocenters. The highest BCUT2D eigenvalue weighted by atomic mass is 16.4. The first-order valence-electron chi connectivity index (χ1n) is 12.0. The Hall–Kier alpha value is -3.93. The van der Waals surface area contributed by atoms with Crippen LogP contribution in [-0.2, 0) is 30.4 Å². The number of aromatic amines is 1. The minimum Gasteiger partial charge on any atom is -0.481 e. The van der Waals surface area contributed by atoms with Gasteiger partial charge in [-0.05, 0) is 37.3 Å². The Labute approximate surface area is 214 Å². The van der Waals surface area contributed by atoms with E-state index in [1.54, 1.807) is 6.20 Å². The number of hydrogen-bond donors (Lipinski definition) is 7. The van der Waals surface area contributed by atoms with Gasteiger partial charge in [-0.2, -0.15) is 0 Å². The molecule has 4 atom stereocenters. The van der Waals surface area contributed by atoms with Gasteiger partial charge in [0.25, 0.3) is 0 Å². The van der Waals surface area contributed by atoms with Crippen molar-refractivity contribution in [2.75, 3.05) is 0 Å². The molecule has 0 saturated carbocycles. The lowest BCUT2D eigenvalue weighted by molar-refractivity contribution is -0.143. The summed E-state index contributed by atoms with van der Waals surface area (Å²) in [5.41, 5.74) is 7.27. The van der Waals surface area contributed by atoms with Crippen molar-refractivity contribution in [3.8, 4) is 0 Å². The number of fused-ring (bicyclic) bond motifs is 1. The van der Waals surface area contributed by atoms with E-state index in [2.05, 4.69) is 20.9 Å². The van der Waals surface area contributed by atoms with Crippen molar-refractivity contribution in [2.45, 2.75) is 70.6 Å². The summed E-state index contributed by atoms with van der Waals surface area (Å²) in [7, 11) is 0. The highest BCUT2D eigenvalue weighted by Crippen LogP contribution is 2.19. The molecule has 12 heteroatoms. The van der Waals surface area contributed by atoms with E-state index in [0.717, 1.165) is 16.5 Å². The quantitative estimate of drug-likeness (QED) is 0.188. The van der Waals surface area contributed by atoms with Crippen LogP contribution in [0.2, 0.25) is 0 Å². The Kier molecular flexibility index (Phi) is 10.6. The van der Waals surface area contributed by atoms with Gasteiger partial charge in [0.05, 0.1) is 6.04 Å². The Balaban J connectivity index is 2.18. The second kappa shape index (κ2) is 13.4. The molecule has 0 aliphatic carbocycles. The third-order valence-electron chi connectivity index (χ3n) is 5.81. The summed E-state index contributed by atoms with van der Waals surface area (Å²) < 4.78 is 0. The molecule has 0 radical (unpaired) electrons. The van der Waals surface area contributed by atoms with Crippen molar-refractivity contribution in [1.82, 2.24) is 20.9 Å². The summed E-state index contributed by atoms with van der Waals surface area (Å²) in [5, 5.41) is 26.7. The molecule has 0 fully saturated rings. The minimum absolute atomic E-state index is 0.00336. The molecular formula is C25H35N5O7. The number of aromatic nitrogens is 1. The molecule has 0 bridgehead atoms. The molecule has 0 spiro atoms. The fourth-order valence-corrected chi connectivity index (χ4v) is 3.79. The number of H-pyrrole nitrogens is 1. The standard InChI is InChI=1S/C25H35N5O7/c1-13(2)10-20(25(36)37)30-24(35)19(11-15-12-27-18-7-5-4-6-16(15)18)29-22(33)14(3)28-23(34)17(26)8-9-21(31)32/h4-7,12-14,17,19-20,27H,8-11,26H2,1-3H3,(H,28,34)(H,29,33)(H,30,35)(H,31,32)(H,36,37). The number of carboxylic acids is 2. The number of amides is 3. The third kappa shape index (κ3) is 8.90. The number of para-hydroxylation sites is 1. The van der Waals surface area contributed by atoms with Gasteiger partial charge in [0.15, 0.2) is 0 Å². The summed E-state index contributed by atoms with van der Waals surface area (Å²) in [6.45, 7) is 5.06. The zero-order valence-corrected chi connectivity index (χ0v) is 21.1. The summed E-state index contributed by atoms with van der Waals surface area (Å²) >= 11 is 0. The number of rotatable bonds is 14. The van der Waals surface area contributed by atoms with E-state index in [0.29, 0.717) is 0 Å². The van der Waals surface area contributed by atoms with Crippen molar-refractivity contribution in [3.63, 3.8) is 0 Å². The van der Waals surface area contributed by atoms with Crippen molar-refractivity contribution in [3.05, 3.63) is 36.0 Å². The molecule has 0 saturated heterocycles. The van der Waals surface area contributed by atoms with Gasteiger partial charge in [0.1, 0.15) is 18.1 Å². The Bertz CT molecular complexity index is 1130. The van der Waals surface area contributed by atoms with Gasteiger partial charge in [-0.15, -0.1) is 0 Å². The van der Waals surface area contributed by atoms with Gasteiger partial charge in [-0.1, -0.05) is 32.0 Å². The minimum atomic E-state index is -1.18. The molecule has 1 aromatic carbocycles. The smallest absolute Gasteiger partial charge is 0.326 e. The van der Waals surface area contributed by atoms with E-state index in [1.165, 1.54) is 6.92 Å². The van der Waals surface area contributed by atoms with Crippen molar-refractivity contribution in [2.24, 2.45) is 11.7 Å². The Morgan fingerprint density at radius 3 is 2.19 bits per heavy atom. The summed E-state index contributed by atoms with van der Waals surface area (Å²) in [5.74, 6) is -4.35.